The lowest BCUT2D eigenvalue weighted by atomic mass is 10.2. The molecule has 0 fully saturated rings. The van der Waals surface area contributed by atoms with Gasteiger partial charge in [0.05, 0.1) is 13.1 Å². The van der Waals surface area contributed by atoms with Crippen LogP contribution in [0.4, 0.5) is 4.79 Å². The third-order valence-corrected chi connectivity index (χ3v) is 2.73. The summed E-state index contributed by atoms with van der Waals surface area (Å²) < 4.78 is 5.23. The minimum Gasteiger partial charge on any atom is -0.444 e. The predicted octanol–water partition coefficient (Wildman–Crippen LogP) is 2.68. The summed E-state index contributed by atoms with van der Waals surface area (Å²) in [7, 11) is 0. The Hall–Kier alpha value is -1.36. The first kappa shape index (κ1) is 13.7. The smallest absolute Gasteiger partial charge is 0.411 e. The molecule has 0 radical (unpaired) electrons. The number of amides is 1. The highest BCUT2D eigenvalue weighted by Gasteiger charge is 2.22. The molecule has 0 saturated carbocycles. The van der Waals surface area contributed by atoms with Gasteiger partial charge in [-0.1, -0.05) is 6.07 Å². The summed E-state index contributed by atoms with van der Waals surface area (Å²) in [6.07, 6.45) is 0.246. The second-order valence-electron chi connectivity index (χ2n) is 4.61. The molecule has 0 spiro atoms. The van der Waals surface area contributed by atoms with Gasteiger partial charge >= 0.3 is 6.09 Å². The number of rotatable bonds is 4. The van der Waals surface area contributed by atoms with E-state index < -0.39 is 11.7 Å². The number of hydrogen-bond acceptors (Lipinski definition) is 4. The molecule has 0 aliphatic rings. The van der Waals surface area contributed by atoms with Crippen LogP contribution in [0.15, 0.2) is 17.5 Å². The van der Waals surface area contributed by atoms with Crippen molar-refractivity contribution in [3.05, 3.63) is 22.4 Å². The number of nitrogens with zero attached hydrogens (tertiary/aromatic N) is 1. The van der Waals surface area contributed by atoms with Crippen molar-refractivity contribution < 1.29 is 14.3 Å². The second kappa shape index (κ2) is 5.82. The Kier molecular flexibility index (Phi) is 4.69. The summed E-state index contributed by atoms with van der Waals surface area (Å²) >= 11 is 1.55. The molecule has 1 aromatic heterocycles. The molecular weight excluding hydrogens is 238 g/mol. The first-order valence-electron chi connectivity index (χ1n) is 5.36. The average molecular weight is 255 g/mol. The van der Waals surface area contributed by atoms with Gasteiger partial charge in [-0.25, -0.2) is 4.79 Å². The Morgan fingerprint density at radius 2 is 2.24 bits per heavy atom. The molecule has 0 aromatic carbocycles. The van der Waals surface area contributed by atoms with Gasteiger partial charge < -0.3 is 9.53 Å². The zero-order valence-electron chi connectivity index (χ0n) is 10.3. The van der Waals surface area contributed by atoms with Gasteiger partial charge in [0.1, 0.15) is 11.9 Å². The van der Waals surface area contributed by atoms with Crippen LogP contribution >= 0.6 is 11.3 Å². The van der Waals surface area contributed by atoms with Crippen LogP contribution in [-0.2, 0) is 16.1 Å². The van der Waals surface area contributed by atoms with Crippen molar-refractivity contribution >= 4 is 23.7 Å². The molecule has 0 aliphatic heterocycles. The Morgan fingerprint density at radius 1 is 1.53 bits per heavy atom. The van der Waals surface area contributed by atoms with Gasteiger partial charge in [0, 0.05) is 4.88 Å². The van der Waals surface area contributed by atoms with E-state index >= 15 is 0 Å². The third kappa shape index (κ3) is 4.99. The van der Waals surface area contributed by atoms with Crippen LogP contribution in [0.1, 0.15) is 25.6 Å². The molecule has 1 amide bonds. The van der Waals surface area contributed by atoms with Crippen molar-refractivity contribution in [2.75, 3.05) is 6.54 Å². The van der Waals surface area contributed by atoms with Gasteiger partial charge in [-0.2, -0.15) is 0 Å². The maximum atomic E-state index is 11.8. The molecule has 4 nitrogen and oxygen atoms in total. The maximum absolute atomic E-state index is 11.8. The van der Waals surface area contributed by atoms with E-state index in [4.69, 9.17) is 4.74 Å². The highest BCUT2D eigenvalue weighted by atomic mass is 32.1. The molecule has 0 saturated heterocycles. The average Bonchev–Trinajstić information content (AvgIpc) is 2.67. The fourth-order valence-electron chi connectivity index (χ4n) is 1.21. The van der Waals surface area contributed by atoms with Crippen LogP contribution in [0.3, 0.4) is 0 Å². The standard InChI is InChI=1S/C12H17NO3S/c1-12(2,3)16-11(15)13(6-7-14)9-10-5-4-8-17-10/h4-5,7-8H,6,9H2,1-3H3. The summed E-state index contributed by atoms with van der Waals surface area (Å²) in [5, 5.41) is 1.93. The maximum Gasteiger partial charge on any atom is 0.411 e. The van der Waals surface area contributed by atoms with Crippen LogP contribution in [0.25, 0.3) is 0 Å². The van der Waals surface area contributed by atoms with Crippen molar-refractivity contribution in [1.29, 1.82) is 0 Å². The van der Waals surface area contributed by atoms with E-state index in [0.717, 1.165) is 4.88 Å². The summed E-state index contributed by atoms with van der Waals surface area (Å²) in [5.41, 5.74) is -0.548. The monoisotopic (exact) mass is 255 g/mol. The molecular formula is C12H17NO3S. The molecule has 0 bridgehead atoms. The van der Waals surface area contributed by atoms with Gasteiger partial charge in [0.25, 0.3) is 0 Å². The lowest BCUT2D eigenvalue weighted by Crippen LogP contribution is -2.37. The fraction of sp³-hybridized carbons (Fsp3) is 0.500. The van der Waals surface area contributed by atoms with Crippen molar-refractivity contribution in [1.82, 2.24) is 4.90 Å². The molecule has 17 heavy (non-hydrogen) atoms. The van der Waals surface area contributed by atoms with Crippen LogP contribution in [-0.4, -0.2) is 29.4 Å². The molecule has 94 valence electrons. The van der Waals surface area contributed by atoms with E-state index in [9.17, 15) is 9.59 Å². The lowest BCUT2D eigenvalue weighted by Gasteiger charge is -2.25. The van der Waals surface area contributed by atoms with Crippen molar-refractivity contribution in [2.45, 2.75) is 32.9 Å². The second-order valence-corrected chi connectivity index (χ2v) is 5.64. The number of hydrogen-bond donors (Lipinski definition) is 0. The summed E-state index contributed by atoms with van der Waals surface area (Å²) in [5.74, 6) is 0. The van der Waals surface area contributed by atoms with Crippen molar-refractivity contribution in [2.24, 2.45) is 0 Å². The Balaban J connectivity index is 2.65. The predicted molar refractivity (Wildman–Crippen MR) is 67.0 cm³/mol. The summed E-state index contributed by atoms with van der Waals surface area (Å²) in [6.45, 7) is 5.86. The Bertz CT molecular complexity index is 368. The molecule has 0 aliphatic carbocycles. The molecule has 1 heterocycles. The van der Waals surface area contributed by atoms with E-state index in [1.807, 2.05) is 17.5 Å². The number of thiophene rings is 1. The van der Waals surface area contributed by atoms with Crippen molar-refractivity contribution in [3.63, 3.8) is 0 Å². The summed E-state index contributed by atoms with van der Waals surface area (Å²) in [4.78, 5) is 24.8. The topological polar surface area (TPSA) is 46.6 Å². The first-order chi connectivity index (χ1) is 7.92. The molecule has 0 unspecified atom stereocenters. The largest absolute Gasteiger partial charge is 0.444 e. The SMILES string of the molecule is CC(C)(C)OC(=O)N(CC=O)Cc1cccs1. The number of ether oxygens (including phenoxy) is 1. The first-order valence-corrected chi connectivity index (χ1v) is 6.24. The Morgan fingerprint density at radius 3 is 2.71 bits per heavy atom. The quantitative estimate of drug-likeness (QED) is 0.777. The number of carbonyl (C=O) groups excluding carboxylic acids is 2. The van der Waals surface area contributed by atoms with Gasteiger partial charge in [-0.05, 0) is 32.2 Å². The normalized spacial score (nSPS) is 11.0. The molecule has 0 atom stereocenters. The van der Waals surface area contributed by atoms with Crippen LogP contribution < -0.4 is 0 Å². The third-order valence-electron chi connectivity index (χ3n) is 1.87. The van der Waals surface area contributed by atoms with E-state index in [2.05, 4.69) is 0 Å². The lowest BCUT2D eigenvalue weighted by molar-refractivity contribution is -0.109. The molecule has 1 rings (SSSR count). The highest BCUT2D eigenvalue weighted by molar-refractivity contribution is 7.09. The van der Waals surface area contributed by atoms with Crippen LogP contribution in [0.2, 0.25) is 0 Å². The van der Waals surface area contributed by atoms with E-state index in [1.54, 1.807) is 32.1 Å². The fourth-order valence-corrected chi connectivity index (χ4v) is 1.93. The van der Waals surface area contributed by atoms with E-state index in [0.29, 0.717) is 12.8 Å². The minimum atomic E-state index is -0.548. The zero-order valence-corrected chi connectivity index (χ0v) is 11.1. The molecule has 5 heteroatoms. The highest BCUT2D eigenvalue weighted by Crippen LogP contribution is 2.15. The van der Waals surface area contributed by atoms with Gasteiger partial charge in [0.15, 0.2) is 0 Å². The molecule has 1 aromatic rings. The zero-order chi connectivity index (χ0) is 12.9. The Labute approximate surface area is 105 Å². The number of aldehydes is 1. The minimum absolute atomic E-state index is 0.0484. The van der Waals surface area contributed by atoms with Crippen LogP contribution in [0.5, 0.6) is 0 Å². The van der Waals surface area contributed by atoms with Gasteiger partial charge in [-0.15, -0.1) is 11.3 Å². The summed E-state index contributed by atoms with van der Waals surface area (Å²) in [6, 6.07) is 3.83. The van der Waals surface area contributed by atoms with Crippen molar-refractivity contribution in [3.8, 4) is 0 Å². The van der Waals surface area contributed by atoms with Gasteiger partial charge in [0.2, 0.25) is 0 Å². The number of carbonyl (C=O) groups is 2. The van der Waals surface area contributed by atoms with Crippen LogP contribution in [0, 0.1) is 0 Å². The van der Waals surface area contributed by atoms with Gasteiger partial charge in [-0.3, -0.25) is 4.90 Å². The van der Waals surface area contributed by atoms with E-state index in [1.165, 1.54) is 4.90 Å². The van der Waals surface area contributed by atoms with E-state index in [-0.39, 0.29) is 6.54 Å². The molecule has 0 N–H and O–H groups in total.